The summed E-state index contributed by atoms with van der Waals surface area (Å²) in [6.45, 7) is -0.575. The third-order valence-electron chi connectivity index (χ3n) is 4.67. The number of nitrogens with one attached hydrogen (secondary N) is 1. The molecule has 0 aliphatic rings. The van der Waals surface area contributed by atoms with Crippen molar-refractivity contribution >= 4 is 29.4 Å². The van der Waals surface area contributed by atoms with Crippen LogP contribution in [0.2, 0.25) is 5.15 Å². The first-order chi connectivity index (χ1) is 16.1. The molecule has 0 aliphatic heterocycles. The Morgan fingerprint density at radius 1 is 1.00 bits per heavy atom. The lowest BCUT2D eigenvalue weighted by atomic mass is 9.98. The maximum absolute atomic E-state index is 12.5. The van der Waals surface area contributed by atoms with Crippen LogP contribution in [-0.4, -0.2) is 23.5 Å². The van der Waals surface area contributed by atoms with Crippen molar-refractivity contribution in [3.05, 3.63) is 95.3 Å². The second-order valence-electron chi connectivity index (χ2n) is 6.85. The lowest BCUT2D eigenvalue weighted by Gasteiger charge is -2.05. The molecule has 2 heterocycles. The molecule has 2 aromatic carbocycles. The van der Waals surface area contributed by atoms with Gasteiger partial charge >= 0.3 is 5.97 Å². The lowest BCUT2D eigenvalue weighted by molar-refractivity contribution is -0.119. The van der Waals surface area contributed by atoms with Crippen molar-refractivity contribution < 1.29 is 18.7 Å². The Bertz CT molecular complexity index is 1330. The molecule has 0 unspecified atom stereocenters. The zero-order valence-electron chi connectivity index (χ0n) is 17.1. The molecule has 0 atom stereocenters. The molecular formula is C25H16ClN3O4. The quantitative estimate of drug-likeness (QED) is 0.310. The second kappa shape index (κ2) is 9.81. The van der Waals surface area contributed by atoms with Crippen LogP contribution in [0.25, 0.3) is 22.5 Å². The number of nitriles is 1. The molecule has 162 valence electrons. The van der Waals surface area contributed by atoms with Crippen LogP contribution in [0, 0.1) is 11.3 Å². The van der Waals surface area contributed by atoms with Crippen molar-refractivity contribution in [2.75, 3.05) is 11.9 Å². The minimum absolute atomic E-state index is 0.0237. The van der Waals surface area contributed by atoms with Gasteiger partial charge < -0.3 is 9.15 Å². The fraction of sp³-hybridized carbons (Fsp3) is 0.0400. The molecule has 8 heteroatoms. The first-order valence-corrected chi connectivity index (χ1v) is 10.2. The topological polar surface area (TPSA) is 105 Å². The van der Waals surface area contributed by atoms with Crippen molar-refractivity contribution in [1.82, 2.24) is 4.98 Å². The summed E-state index contributed by atoms with van der Waals surface area (Å²) in [5, 5.41) is 12.6. The van der Waals surface area contributed by atoms with Gasteiger partial charge in [-0.3, -0.25) is 10.1 Å². The summed E-state index contributed by atoms with van der Waals surface area (Å²) in [5.74, 6) is -0.971. The van der Waals surface area contributed by atoms with E-state index in [1.54, 1.807) is 0 Å². The van der Waals surface area contributed by atoms with E-state index in [-0.39, 0.29) is 22.2 Å². The summed E-state index contributed by atoms with van der Waals surface area (Å²) in [7, 11) is 0. The molecule has 1 N–H and O–H groups in total. The monoisotopic (exact) mass is 457 g/mol. The Balaban J connectivity index is 1.59. The molecule has 0 bridgehead atoms. The van der Waals surface area contributed by atoms with Gasteiger partial charge in [0, 0.05) is 17.3 Å². The van der Waals surface area contributed by atoms with Gasteiger partial charge in [-0.25, -0.2) is 9.78 Å². The van der Waals surface area contributed by atoms with Gasteiger partial charge in [-0.05, 0) is 17.7 Å². The number of hydrogen-bond donors (Lipinski definition) is 1. The number of aromatic nitrogens is 1. The van der Waals surface area contributed by atoms with Gasteiger partial charge in [-0.15, -0.1) is 0 Å². The largest absolute Gasteiger partial charge is 0.452 e. The zero-order chi connectivity index (χ0) is 23.2. The number of nitrogens with zero attached hydrogens (tertiary/aromatic N) is 2. The number of carbonyl (C=O) groups is 2. The van der Waals surface area contributed by atoms with E-state index in [0.717, 1.165) is 11.1 Å². The molecule has 4 rings (SSSR count). The number of benzene rings is 2. The van der Waals surface area contributed by atoms with Gasteiger partial charge in [0.05, 0.1) is 5.56 Å². The number of esters is 1. The molecule has 0 radical (unpaired) electrons. The number of pyridine rings is 1. The van der Waals surface area contributed by atoms with Crippen LogP contribution < -0.4 is 5.32 Å². The number of furan rings is 1. The molecule has 0 saturated carbocycles. The highest BCUT2D eigenvalue weighted by atomic mass is 35.5. The van der Waals surface area contributed by atoms with Crippen molar-refractivity contribution in [2.24, 2.45) is 0 Å². The molecule has 2 aromatic heterocycles. The van der Waals surface area contributed by atoms with Gasteiger partial charge in [-0.2, -0.15) is 5.26 Å². The molecule has 1 amide bonds. The summed E-state index contributed by atoms with van der Waals surface area (Å²) < 4.78 is 11.0. The van der Waals surface area contributed by atoms with E-state index in [1.165, 1.54) is 18.3 Å². The van der Waals surface area contributed by atoms with Crippen molar-refractivity contribution in [3.63, 3.8) is 0 Å². The third-order valence-corrected chi connectivity index (χ3v) is 4.89. The normalized spacial score (nSPS) is 10.3. The first kappa shape index (κ1) is 21.8. The Kier molecular flexibility index (Phi) is 6.48. The van der Waals surface area contributed by atoms with Crippen LogP contribution in [-0.2, 0) is 9.53 Å². The highest BCUT2D eigenvalue weighted by Gasteiger charge is 2.24. The number of halogens is 1. The zero-order valence-corrected chi connectivity index (χ0v) is 17.9. The van der Waals surface area contributed by atoms with E-state index >= 15 is 0 Å². The summed E-state index contributed by atoms with van der Waals surface area (Å²) in [6, 6.07) is 23.5. The number of ether oxygens (including phenoxy) is 1. The van der Waals surface area contributed by atoms with Crippen LogP contribution in [0.4, 0.5) is 5.88 Å². The van der Waals surface area contributed by atoms with Crippen LogP contribution in [0.5, 0.6) is 0 Å². The fourth-order valence-corrected chi connectivity index (χ4v) is 3.28. The number of rotatable bonds is 6. The molecule has 4 aromatic rings. The second-order valence-corrected chi connectivity index (χ2v) is 7.24. The average molecular weight is 458 g/mol. The van der Waals surface area contributed by atoms with Gasteiger partial charge in [0.1, 0.15) is 22.5 Å². The maximum atomic E-state index is 12.5. The van der Waals surface area contributed by atoms with Crippen LogP contribution in [0.15, 0.2) is 83.4 Å². The molecule has 0 aliphatic carbocycles. The summed E-state index contributed by atoms with van der Waals surface area (Å²) >= 11 is 5.70. The predicted molar refractivity (Wildman–Crippen MR) is 122 cm³/mol. The summed E-state index contributed by atoms with van der Waals surface area (Å²) in [4.78, 5) is 28.4. The fourth-order valence-electron chi connectivity index (χ4n) is 3.17. The summed E-state index contributed by atoms with van der Waals surface area (Å²) in [6.07, 6.45) is 1.25. The SMILES string of the molecule is N#Cc1c(NC(=O)COC(=O)c2ccc(Cl)nc2)oc(-c2ccccc2)c1-c1ccccc1. The molecule has 33 heavy (non-hydrogen) atoms. The minimum atomic E-state index is -0.732. The molecule has 0 spiro atoms. The van der Waals surface area contributed by atoms with Gasteiger partial charge in [0.2, 0.25) is 5.88 Å². The van der Waals surface area contributed by atoms with E-state index < -0.39 is 18.5 Å². The maximum Gasteiger partial charge on any atom is 0.340 e. The van der Waals surface area contributed by atoms with Gasteiger partial charge in [-0.1, -0.05) is 72.3 Å². The Hall–Kier alpha value is -4.41. The molecule has 0 saturated heterocycles. The molecule has 7 nitrogen and oxygen atoms in total. The number of hydrogen-bond acceptors (Lipinski definition) is 6. The average Bonchev–Trinajstić information content (AvgIpc) is 3.22. The van der Waals surface area contributed by atoms with E-state index in [9.17, 15) is 14.9 Å². The molecule has 0 fully saturated rings. The standard InChI is InChI=1S/C25H16ClN3O4/c26-20-12-11-18(14-28-20)25(31)32-15-21(30)29-24-19(13-27)22(16-7-3-1-4-8-16)23(33-24)17-9-5-2-6-10-17/h1-12,14H,15H2,(H,29,30). The van der Waals surface area contributed by atoms with E-state index in [2.05, 4.69) is 16.4 Å². The third kappa shape index (κ3) is 4.92. The van der Waals surface area contributed by atoms with Gasteiger partial charge in [0.25, 0.3) is 5.91 Å². The van der Waals surface area contributed by atoms with Crippen LogP contribution >= 0.6 is 11.6 Å². The number of anilines is 1. The van der Waals surface area contributed by atoms with Crippen LogP contribution in [0.3, 0.4) is 0 Å². The Morgan fingerprint density at radius 3 is 2.27 bits per heavy atom. The minimum Gasteiger partial charge on any atom is -0.452 e. The van der Waals surface area contributed by atoms with Gasteiger partial charge in [0.15, 0.2) is 6.61 Å². The summed E-state index contributed by atoms with van der Waals surface area (Å²) in [5.41, 5.74) is 2.39. The number of carbonyl (C=O) groups excluding carboxylic acids is 2. The number of amides is 1. The smallest absolute Gasteiger partial charge is 0.340 e. The highest BCUT2D eigenvalue weighted by Crippen LogP contribution is 2.41. The van der Waals surface area contributed by atoms with Crippen molar-refractivity contribution in [1.29, 1.82) is 5.26 Å². The Labute approximate surface area is 194 Å². The Morgan fingerprint density at radius 2 is 1.67 bits per heavy atom. The molecular weight excluding hydrogens is 442 g/mol. The van der Waals surface area contributed by atoms with Crippen molar-refractivity contribution in [3.8, 4) is 28.5 Å². The highest BCUT2D eigenvalue weighted by molar-refractivity contribution is 6.29. The predicted octanol–water partition coefficient (Wildman–Crippen LogP) is 5.33. The van der Waals surface area contributed by atoms with E-state index in [4.69, 9.17) is 20.8 Å². The van der Waals surface area contributed by atoms with Crippen molar-refractivity contribution in [2.45, 2.75) is 0 Å². The van der Waals surface area contributed by atoms with E-state index in [0.29, 0.717) is 11.3 Å². The van der Waals surface area contributed by atoms with E-state index in [1.807, 2.05) is 60.7 Å². The van der Waals surface area contributed by atoms with Crippen LogP contribution in [0.1, 0.15) is 15.9 Å². The lowest BCUT2D eigenvalue weighted by Crippen LogP contribution is -2.21. The first-order valence-electron chi connectivity index (χ1n) is 9.83.